The van der Waals surface area contributed by atoms with Gasteiger partial charge >= 0.3 is 12.1 Å². The number of piperidine rings is 1. The Morgan fingerprint density at radius 3 is 2.64 bits per heavy atom. The molecule has 2 heterocycles. The zero-order valence-electron chi connectivity index (χ0n) is 14.8. The van der Waals surface area contributed by atoms with Crippen molar-refractivity contribution >= 4 is 28.0 Å². The minimum atomic E-state index is -1.06. The number of nitrogens with zero attached hydrogens (tertiary/aromatic N) is 2. The van der Waals surface area contributed by atoms with Gasteiger partial charge in [0, 0.05) is 12.2 Å². The summed E-state index contributed by atoms with van der Waals surface area (Å²) >= 11 is 3.23. The van der Waals surface area contributed by atoms with Gasteiger partial charge in [-0.3, -0.25) is 0 Å². The molecule has 1 aliphatic heterocycles. The van der Waals surface area contributed by atoms with Crippen LogP contribution < -0.4 is 4.74 Å². The number of hydrogen-bond acceptors (Lipinski definition) is 5. The SMILES string of the molecule is C[C@@H]1CC[C@@H](Oc2nccc(C(=O)O)c2Br)CN1C(=O)OC(C)(C)C. The van der Waals surface area contributed by atoms with E-state index in [-0.39, 0.29) is 29.7 Å². The average Bonchev–Trinajstić information content (AvgIpc) is 2.49. The van der Waals surface area contributed by atoms with E-state index in [1.165, 1.54) is 12.3 Å². The molecule has 8 heteroatoms. The number of ether oxygens (including phenoxy) is 2. The average molecular weight is 415 g/mol. The van der Waals surface area contributed by atoms with Crippen LogP contribution >= 0.6 is 15.9 Å². The van der Waals surface area contributed by atoms with Crippen molar-refractivity contribution in [2.75, 3.05) is 6.54 Å². The van der Waals surface area contributed by atoms with Gasteiger partial charge in [-0.15, -0.1) is 0 Å². The highest BCUT2D eigenvalue weighted by atomic mass is 79.9. The van der Waals surface area contributed by atoms with Gasteiger partial charge in [-0.2, -0.15) is 0 Å². The number of carboxylic acids is 1. The first-order valence-corrected chi connectivity index (χ1v) is 8.92. The predicted molar refractivity (Wildman–Crippen MR) is 94.9 cm³/mol. The molecule has 0 spiro atoms. The van der Waals surface area contributed by atoms with Crippen molar-refractivity contribution in [3.8, 4) is 5.88 Å². The third-order valence-electron chi connectivity index (χ3n) is 3.83. The molecular weight excluding hydrogens is 392 g/mol. The summed E-state index contributed by atoms with van der Waals surface area (Å²) in [7, 11) is 0. The molecule has 0 aliphatic carbocycles. The zero-order chi connectivity index (χ0) is 18.8. The van der Waals surface area contributed by atoms with Crippen LogP contribution in [0.1, 0.15) is 50.9 Å². The molecule has 1 amide bonds. The number of pyridine rings is 1. The maximum atomic E-state index is 12.4. The molecular formula is C17H23BrN2O5. The molecule has 1 aromatic rings. The largest absolute Gasteiger partial charge is 0.478 e. The predicted octanol–water partition coefficient (Wildman–Crippen LogP) is 3.71. The van der Waals surface area contributed by atoms with Gasteiger partial charge in [-0.05, 0) is 62.5 Å². The summed E-state index contributed by atoms with van der Waals surface area (Å²) in [4.78, 5) is 29.3. The standard InChI is InChI=1S/C17H23BrN2O5/c1-10-5-6-11(9-20(10)16(23)25-17(2,3)4)24-14-13(18)12(15(21)22)7-8-19-14/h7-8,10-11H,5-6,9H2,1-4H3,(H,21,22)/t10-,11-/m1/s1. The van der Waals surface area contributed by atoms with E-state index in [2.05, 4.69) is 20.9 Å². The fourth-order valence-electron chi connectivity index (χ4n) is 2.57. The van der Waals surface area contributed by atoms with Crippen LogP contribution in [0.15, 0.2) is 16.7 Å². The fourth-order valence-corrected chi connectivity index (χ4v) is 3.07. The van der Waals surface area contributed by atoms with Gasteiger partial charge < -0.3 is 19.5 Å². The van der Waals surface area contributed by atoms with E-state index in [0.717, 1.165) is 12.8 Å². The quantitative estimate of drug-likeness (QED) is 0.810. The molecule has 0 saturated carbocycles. The number of aromatic nitrogens is 1. The Morgan fingerprint density at radius 2 is 2.04 bits per heavy atom. The molecule has 1 saturated heterocycles. The number of likely N-dealkylation sites (tertiary alicyclic amines) is 1. The topological polar surface area (TPSA) is 89.0 Å². The van der Waals surface area contributed by atoms with E-state index < -0.39 is 11.6 Å². The first-order valence-electron chi connectivity index (χ1n) is 8.12. The fraction of sp³-hybridized carbons (Fsp3) is 0.588. The number of halogens is 1. The molecule has 1 fully saturated rings. The molecule has 1 aromatic heterocycles. The van der Waals surface area contributed by atoms with Crippen molar-refractivity contribution in [3.63, 3.8) is 0 Å². The van der Waals surface area contributed by atoms with E-state index in [1.54, 1.807) is 4.90 Å². The first kappa shape index (κ1) is 19.5. The van der Waals surface area contributed by atoms with Crippen LogP contribution in [0.4, 0.5) is 4.79 Å². The number of amides is 1. The van der Waals surface area contributed by atoms with Crippen LogP contribution in [-0.2, 0) is 4.74 Å². The maximum Gasteiger partial charge on any atom is 0.410 e. The Hall–Kier alpha value is -1.83. The Kier molecular flexibility index (Phi) is 5.92. The molecule has 2 rings (SSSR count). The van der Waals surface area contributed by atoms with E-state index in [4.69, 9.17) is 9.47 Å². The number of aromatic carboxylic acids is 1. The molecule has 0 radical (unpaired) electrons. The van der Waals surface area contributed by atoms with Gasteiger partial charge in [-0.1, -0.05) is 0 Å². The normalized spacial score (nSPS) is 20.9. The minimum absolute atomic E-state index is 0.0523. The van der Waals surface area contributed by atoms with Crippen molar-refractivity contribution in [2.24, 2.45) is 0 Å². The van der Waals surface area contributed by atoms with Crippen molar-refractivity contribution in [1.29, 1.82) is 0 Å². The second-order valence-electron chi connectivity index (χ2n) is 7.08. The molecule has 1 aliphatic rings. The second-order valence-corrected chi connectivity index (χ2v) is 7.87. The van der Waals surface area contributed by atoms with Crippen molar-refractivity contribution in [1.82, 2.24) is 9.88 Å². The van der Waals surface area contributed by atoms with Crippen LogP contribution in [0.2, 0.25) is 0 Å². The van der Waals surface area contributed by atoms with Crippen LogP contribution in [0.3, 0.4) is 0 Å². The molecule has 7 nitrogen and oxygen atoms in total. The van der Waals surface area contributed by atoms with E-state index >= 15 is 0 Å². The summed E-state index contributed by atoms with van der Waals surface area (Å²) in [5.74, 6) is -0.852. The van der Waals surface area contributed by atoms with Gasteiger partial charge in [0.2, 0.25) is 5.88 Å². The molecule has 25 heavy (non-hydrogen) atoms. The lowest BCUT2D eigenvalue weighted by Gasteiger charge is -2.38. The molecule has 0 aromatic carbocycles. The highest BCUT2D eigenvalue weighted by molar-refractivity contribution is 9.10. The lowest BCUT2D eigenvalue weighted by molar-refractivity contribution is -0.00609. The third-order valence-corrected chi connectivity index (χ3v) is 4.60. The van der Waals surface area contributed by atoms with Crippen molar-refractivity contribution in [2.45, 2.75) is 58.3 Å². The highest BCUT2D eigenvalue weighted by Crippen LogP contribution is 2.29. The van der Waals surface area contributed by atoms with Crippen LogP contribution in [0.5, 0.6) is 5.88 Å². The summed E-state index contributed by atoms with van der Waals surface area (Å²) in [5.41, 5.74) is -0.483. The minimum Gasteiger partial charge on any atom is -0.478 e. The second kappa shape index (κ2) is 7.59. The summed E-state index contributed by atoms with van der Waals surface area (Å²) in [5, 5.41) is 9.17. The van der Waals surface area contributed by atoms with Gasteiger partial charge in [0.05, 0.1) is 16.6 Å². The molecule has 2 atom stereocenters. The number of carbonyl (C=O) groups is 2. The van der Waals surface area contributed by atoms with Gasteiger partial charge in [0.25, 0.3) is 0 Å². The molecule has 138 valence electrons. The van der Waals surface area contributed by atoms with Gasteiger partial charge in [-0.25, -0.2) is 14.6 Å². The van der Waals surface area contributed by atoms with Crippen molar-refractivity contribution < 1.29 is 24.2 Å². The first-order chi connectivity index (χ1) is 11.6. The third kappa shape index (κ3) is 5.07. The Balaban J connectivity index is 2.10. The van der Waals surface area contributed by atoms with E-state index in [0.29, 0.717) is 11.0 Å². The zero-order valence-corrected chi connectivity index (χ0v) is 16.4. The van der Waals surface area contributed by atoms with Gasteiger partial charge in [0.15, 0.2) is 0 Å². The van der Waals surface area contributed by atoms with E-state index in [1.807, 2.05) is 27.7 Å². The van der Waals surface area contributed by atoms with Crippen molar-refractivity contribution in [3.05, 3.63) is 22.3 Å². The Bertz CT molecular complexity index is 659. The number of carboxylic acid groups (broad SMARTS) is 1. The van der Waals surface area contributed by atoms with Gasteiger partial charge in [0.1, 0.15) is 11.7 Å². The maximum absolute atomic E-state index is 12.4. The molecule has 0 bridgehead atoms. The highest BCUT2D eigenvalue weighted by Gasteiger charge is 2.33. The number of rotatable bonds is 3. The van der Waals surface area contributed by atoms with E-state index in [9.17, 15) is 14.7 Å². The van der Waals surface area contributed by atoms with Crippen LogP contribution in [-0.4, -0.2) is 51.3 Å². The lowest BCUT2D eigenvalue weighted by atomic mass is 10.0. The Labute approximate surface area is 155 Å². The molecule has 1 N–H and O–H groups in total. The summed E-state index contributed by atoms with van der Waals surface area (Å²) < 4.78 is 11.6. The smallest absolute Gasteiger partial charge is 0.410 e. The molecule has 0 unspecified atom stereocenters. The van der Waals surface area contributed by atoms with Crippen LogP contribution in [0.25, 0.3) is 0 Å². The van der Waals surface area contributed by atoms with Crippen LogP contribution in [0, 0.1) is 0 Å². The Morgan fingerprint density at radius 1 is 1.36 bits per heavy atom. The lowest BCUT2D eigenvalue weighted by Crippen LogP contribution is -2.50. The number of hydrogen-bond donors (Lipinski definition) is 1. The number of carbonyl (C=O) groups excluding carboxylic acids is 1. The summed E-state index contributed by atoms with van der Waals surface area (Å²) in [6.45, 7) is 7.81. The summed E-state index contributed by atoms with van der Waals surface area (Å²) in [6.07, 6.45) is 2.24. The summed E-state index contributed by atoms with van der Waals surface area (Å²) in [6, 6.07) is 1.45. The monoisotopic (exact) mass is 414 g/mol.